The van der Waals surface area contributed by atoms with Crippen LogP contribution in [0.1, 0.15) is 48.6 Å². The fourth-order valence-electron chi connectivity index (χ4n) is 4.07. The third-order valence-corrected chi connectivity index (χ3v) is 6.54. The number of rotatable bonds is 6. The van der Waals surface area contributed by atoms with Crippen molar-refractivity contribution in [3.8, 4) is 0 Å². The number of carbonyl (C=O) groups is 3. The van der Waals surface area contributed by atoms with Crippen molar-refractivity contribution in [1.82, 2.24) is 15.5 Å². The molecule has 1 aromatic carbocycles. The molecule has 4 amide bonds. The maximum absolute atomic E-state index is 13.3. The number of amides is 4. The van der Waals surface area contributed by atoms with E-state index in [1.807, 2.05) is 17.5 Å². The van der Waals surface area contributed by atoms with Crippen molar-refractivity contribution >= 4 is 29.2 Å². The Morgan fingerprint density at radius 3 is 2.59 bits per heavy atom. The van der Waals surface area contributed by atoms with Crippen molar-refractivity contribution in [2.24, 2.45) is 0 Å². The van der Waals surface area contributed by atoms with Gasteiger partial charge in [0.2, 0.25) is 5.91 Å². The van der Waals surface area contributed by atoms with Gasteiger partial charge < -0.3 is 10.6 Å². The van der Waals surface area contributed by atoms with E-state index in [-0.39, 0.29) is 30.6 Å². The highest BCUT2D eigenvalue weighted by Gasteiger charge is 2.52. The summed E-state index contributed by atoms with van der Waals surface area (Å²) < 4.78 is 13.3. The zero-order chi connectivity index (χ0) is 20.4. The molecule has 2 heterocycles. The maximum Gasteiger partial charge on any atom is 0.325 e. The number of carbonyl (C=O) groups excluding carboxylic acids is 3. The molecule has 1 spiro atoms. The van der Waals surface area contributed by atoms with Gasteiger partial charge >= 0.3 is 6.03 Å². The Balaban J connectivity index is 1.42. The van der Waals surface area contributed by atoms with Crippen LogP contribution in [-0.4, -0.2) is 34.8 Å². The van der Waals surface area contributed by atoms with Gasteiger partial charge in [-0.3, -0.25) is 14.5 Å². The molecule has 0 unspecified atom stereocenters. The van der Waals surface area contributed by atoms with Crippen molar-refractivity contribution in [2.45, 2.75) is 43.7 Å². The summed E-state index contributed by atoms with van der Waals surface area (Å²) in [4.78, 5) is 39.6. The zero-order valence-electron chi connectivity index (χ0n) is 15.8. The molecule has 29 heavy (non-hydrogen) atoms. The van der Waals surface area contributed by atoms with Crippen molar-refractivity contribution in [3.63, 3.8) is 0 Å². The van der Waals surface area contributed by atoms with E-state index in [2.05, 4.69) is 10.6 Å². The molecule has 2 N–H and O–H groups in total. The normalized spacial score (nSPS) is 18.9. The van der Waals surface area contributed by atoms with E-state index in [4.69, 9.17) is 0 Å². The van der Waals surface area contributed by atoms with Crippen LogP contribution >= 0.6 is 11.3 Å². The van der Waals surface area contributed by atoms with Crippen LogP contribution in [0, 0.1) is 5.82 Å². The van der Waals surface area contributed by atoms with Crippen LogP contribution in [0.3, 0.4) is 0 Å². The number of nitrogens with one attached hydrogen (secondary N) is 2. The van der Waals surface area contributed by atoms with Gasteiger partial charge in [0.1, 0.15) is 11.4 Å². The van der Waals surface area contributed by atoms with E-state index in [1.54, 1.807) is 12.1 Å². The Morgan fingerprint density at radius 1 is 1.21 bits per heavy atom. The smallest absolute Gasteiger partial charge is 0.325 e. The van der Waals surface area contributed by atoms with Gasteiger partial charge in [-0.05, 0) is 42.0 Å². The third-order valence-electron chi connectivity index (χ3n) is 5.60. The fourth-order valence-corrected chi connectivity index (χ4v) is 4.88. The molecule has 1 atom stereocenters. The largest absolute Gasteiger partial charge is 0.344 e. The quantitative estimate of drug-likeness (QED) is 0.711. The average Bonchev–Trinajstić information content (AvgIpc) is 3.43. The van der Waals surface area contributed by atoms with Gasteiger partial charge in [-0.15, -0.1) is 11.3 Å². The molecule has 1 aliphatic carbocycles. The molecular weight excluding hydrogens is 393 g/mol. The molecule has 1 saturated carbocycles. The average molecular weight is 415 g/mol. The first kappa shape index (κ1) is 19.6. The second-order valence-corrected chi connectivity index (χ2v) is 8.47. The first-order chi connectivity index (χ1) is 14.0. The lowest BCUT2D eigenvalue weighted by molar-refractivity contribution is -0.131. The number of hydrogen-bond acceptors (Lipinski definition) is 4. The van der Waals surface area contributed by atoms with Gasteiger partial charge in [-0.25, -0.2) is 9.18 Å². The highest BCUT2D eigenvalue weighted by Crippen LogP contribution is 2.35. The summed E-state index contributed by atoms with van der Waals surface area (Å²) in [6.07, 6.45) is 3.16. The number of imide groups is 1. The summed E-state index contributed by atoms with van der Waals surface area (Å²) in [6.45, 7) is 0.0405. The van der Waals surface area contributed by atoms with Crippen LogP contribution in [0.15, 0.2) is 41.8 Å². The van der Waals surface area contributed by atoms with E-state index < -0.39 is 17.6 Å². The highest BCUT2D eigenvalue weighted by molar-refractivity contribution is 7.10. The molecule has 1 saturated heterocycles. The number of halogens is 1. The van der Waals surface area contributed by atoms with Crippen LogP contribution in [0.4, 0.5) is 9.18 Å². The third kappa shape index (κ3) is 3.89. The minimum Gasteiger partial charge on any atom is -0.344 e. The number of nitrogens with zero attached hydrogens (tertiary/aromatic N) is 1. The molecule has 0 bridgehead atoms. The molecule has 2 aliphatic rings. The van der Waals surface area contributed by atoms with Gasteiger partial charge in [0, 0.05) is 17.8 Å². The Morgan fingerprint density at radius 2 is 1.93 bits per heavy atom. The standard InChI is InChI=1S/C21H22FN3O3S/c22-15-7-5-14(6-8-15)18(16-4-3-13-29-16)23-17(26)9-12-25-19(27)21(24-20(25)28)10-1-2-11-21/h3-8,13,18H,1-2,9-12H2,(H,23,26)(H,24,28)/t18-/m0/s1. The summed E-state index contributed by atoms with van der Waals surface area (Å²) in [6, 6.07) is 8.96. The number of thiophene rings is 1. The molecule has 1 aromatic heterocycles. The zero-order valence-corrected chi connectivity index (χ0v) is 16.6. The molecule has 0 radical (unpaired) electrons. The van der Waals surface area contributed by atoms with Gasteiger partial charge in [-0.2, -0.15) is 0 Å². The van der Waals surface area contributed by atoms with E-state index in [0.29, 0.717) is 12.8 Å². The van der Waals surface area contributed by atoms with Gasteiger partial charge in [-0.1, -0.05) is 31.0 Å². The predicted molar refractivity (Wildman–Crippen MR) is 107 cm³/mol. The van der Waals surface area contributed by atoms with Gasteiger partial charge in [0.15, 0.2) is 0 Å². The van der Waals surface area contributed by atoms with E-state index in [1.165, 1.54) is 23.5 Å². The predicted octanol–water partition coefficient (Wildman–Crippen LogP) is 3.35. The van der Waals surface area contributed by atoms with Crippen LogP contribution in [-0.2, 0) is 9.59 Å². The van der Waals surface area contributed by atoms with Crippen LogP contribution < -0.4 is 10.6 Å². The lowest BCUT2D eigenvalue weighted by Gasteiger charge is -2.21. The molecule has 6 nitrogen and oxygen atoms in total. The molecule has 8 heteroatoms. The number of hydrogen-bond donors (Lipinski definition) is 2. The Bertz CT molecular complexity index is 908. The first-order valence-electron chi connectivity index (χ1n) is 9.71. The highest BCUT2D eigenvalue weighted by atomic mass is 32.1. The van der Waals surface area contributed by atoms with Crippen molar-refractivity contribution in [3.05, 3.63) is 58.0 Å². The van der Waals surface area contributed by atoms with Gasteiger partial charge in [0.05, 0.1) is 6.04 Å². The summed E-state index contributed by atoms with van der Waals surface area (Å²) >= 11 is 1.49. The molecule has 4 rings (SSSR count). The Labute approximate surface area is 172 Å². The summed E-state index contributed by atoms with van der Waals surface area (Å²) in [5, 5.41) is 7.68. The summed E-state index contributed by atoms with van der Waals surface area (Å²) in [5.74, 6) is -0.841. The van der Waals surface area contributed by atoms with Crippen LogP contribution in [0.2, 0.25) is 0 Å². The van der Waals surface area contributed by atoms with E-state index >= 15 is 0 Å². The van der Waals surface area contributed by atoms with E-state index in [9.17, 15) is 18.8 Å². The van der Waals surface area contributed by atoms with Gasteiger partial charge in [0.25, 0.3) is 5.91 Å². The first-order valence-corrected chi connectivity index (χ1v) is 10.6. The summed E-state index contributed by atoms with van der Waals surface area (Å²) in [7, 11) is 0. The van der Waals surface area contributed by atoms with Crippen molar-refractivity contribution in [2.75, 3.05) is 6.54 Å². The fraction of sp³-hybridized carbons (Fsp3) is 0.381. The van der Waals surface area contributed by atoms with Crippen molar-refractivity contribution < 1.29 is 18.8 Å². The van der Waals surface area contributed by atoms with Crippen LogP contribution in [0.5, 0.6) is 0 Å². The number of benzene rings is 1. The summed E-state index contributed by atoms with van der Waals surface area (Å²) in [5.41, 5.74) is 0.00311. The molecular formula is C21H22FN3O3S. The minimum absolute atomic E-state index is 0.0122. The Hall–Kier alpha value is -2.74. The molecule has 1 aliphatic heterocycles. The lowest BCUT2D eigenvalue weighted by atomic mass is 9.98. The molecule has 152 valence electrons. The second-order valence-electron chi connectivity index (χ2n) is 7.49. The SMILES string of the molecule is O=C(CCN1C(=O)NC2(CCCC2)C1=O)N[C@@H](c1ccc(F)cc1)c1cccs1. The monoisotopic (exact) mass is 415 g/mol. The Kier molecular flexibility index (Phi) is 5.36. The number of urea groups is 1. The molecule has 2 aromatic rings. The minimum atomic E-state index is -0.763. The maximum atomic E-state index is 13.3. The van der Waals surface area contributed by atoms with Crippen molar-refractivity contribution in [1.29, 1.82) is 0 Å². The second kappa shape index (κ2) is 7.94. The van der Waals surface area contributed by atoms with E-state index in [0.717, 1.165) is 28.2 Å². The topological polar surface area (TPSA) is 78.5 Å². The molecule has 2 fully saturated rings. The lowest BCUT2D eigenvalue weighted by Crippen LogP contribution is -2.44. The van der Waals surface area contributed by atoms with Crippen LogP contribution in [0.25, 0.3) is 0 Å².